The maximum absolute atomic E-state index is 14.2. The van der Waals surface area contributed by atoms with E-state index in [1.165, 1.54) is 36.6 Å². The molecule has 1 aliphatic carbocycles. The summed E-state index contributed by atoms with van der Waals surface area (Å²) in [6.45, 7) is 2.85. The van der Waals surface area contributed by atoms with E-state index in [0.717, 1.165) is 55.1 Å². The van der Waals surface area contributed by atoms with Crippen LogP contribution in [0, 0.1) is 17.6 Å². The molecule has 0 amide bonds. The Balaban J connectivity index is 1.30. The average Bonchev–Trinajstić information content (AvgIpc) is 3.75. The minimum atomic E-state index is -0.670. The van der Waals surface area contributed by atoms with Gasteiger partial charge in [0.2, 0.25) is 0 Å². The third-order valence-corrected chi connectivity index (χ3v) is 7.11. The van der Waals surface area contributed by atoms with E-state index in [2.05, 4.69) is 31.2 Å². The van der Waals surface area contributed by atoms with Crippen molar-refractivity contribution < 1.29 is 8.78 Å². The normalized spacial score (nSPS) is 20.9. The highest BCUT2D eigenvalue weighted by Gasteiger charge is 2.33. The van der Waals surface area contributed by atoms with Crippen LogP contribution in [0.25, 0.3) is 0 Å². The molecule has 1 aromatic carbocycles. The Morgan fingerprint density at radius 2 is 1.81 bits per heavy atom. The Labute approximate surface area is 208 Å². The van der Waals surface area contributed by atoms with Crippen LogP contribution in [-0.4, -0.2) is 35.4 Å². The molecule has 186 valence electrons. The maximum Gasteiger partial charge on any atom is 0.149 e. The second-order valence-electron chi connectivity index (χ2n) is 9.73. The summed E-state index contributed by atoms with van der Waals surface area (Å²) >= 11 is 0. The number of amidine groups is 1. The van der Waals surface area contributed by atoms with E-state index in [1.54, 1.807) is 12.3 Å². The van der Waals surface area contributed by atoms with Crippen LogP contribution in [0.2, 0.25) is 0 Å². The molecule has 0 radical (unpaired) electrons. The standard InChI is InChI=1S/C27H29F2N7/c28-20-2-1-3-21(29)25(20)35-23-12-18(8-11-32-23)26-34-22-15-31-14-19(17-4-5-17)24(22)27(36-26)33-13-16-6-9-30-10-7-16/h1-3,8,11-12,14-17,26,30,34H,4-7,9-10,13H2,(H,32,35)(H,33,36). The fourth-order valence-corrected chi connectivity index (χ4v) is 4.97. The first-order chi connectivity index (χ1) is 17.7. The Morgan fingerprint density at radius 3 is 2.58 bits per heavy atom. The summed E-state index contributed by atoms with van der Waals surface area (Å²) in [6, 6.07) is 7.42. The van der Waals surface area contributed by atoms with Gasteiger partial charge in [0.1, 0.15) is 35.1 Å². The summed E-state index contributed by atoms with van der Waals surface area (Å²) in [5, 5.41) is 13.3. The van der Waals surface area contributed by atoms with Crippen molar-refractivity contribution in [3.05, 3.63) is 77.2 Å². The number of hydrogen-bond acceptors (Lipinski definition) is 6. The van der Waals surface area contributed by atoms with Gasteiger partial charge in [-0.3, -0.25) is 9.98 Å². The number of fused-ring (bicyclic) bond motifs is 1. The maximum atomic E-state index is 14.2. The number of aromatic nitrogens is 2. The van der Waals surface area contributed by atoms with Gasteiger partial charge in [0.05, 0.1) is 11.9 Å². The van der Waals surface area contributed by atoms with Gasteiger partial charge in [-0.1, -0.05) is 6.07 Å². The topological polar surface area (TPSA) is 86.3 Å². The van der Waals surface area contributed by atoms with Crippen molar-refractivity contribution in [2.45, 2.75) is 37.8 Å². The highest BCUT2D eigenvalue weighted by atomic mass is 19.1. The predicted molar refractivity (Wildman–Crippen MR) is 137 cm³/mol. The SMILES string of the molecule is Fc1cccc(F)c1Nc1cc(C2NC(=NCC3CCNCC3)c3c(cncc3C3CC3)N2)ccn1. The second kappa shape index (κ2) is 9.81. The van der Waals surface area contributed by atoms with Crippen molar-refractivity contribution in [3.8, 4) is 0 Å². The van der Waals surface area contributed by atoms with Crippen molar-refractivity contribution >= 4 is 23.0 Å². The summed E-state index contributed by atoms with van der Waals surface area (Å²) < 4.78 is 28.3. The lowest BCUT2D eigenvalue weighted by molar-refractivity contribution is 0.382. The first kappa shape index (κ1) is 22.8. The van der Waals surface area contributed by atoms with Crippen LogP contribution in [0.15, 0.2) is 53.9 Å². The molecule has 2 fully saturated rings. The molecule has 7 nitrogen and oxygen atoms in total. The van der Waals surface area contributed by atoms with E-state index in [4.69, 9.17) is 4.99 Å². The van der Waals surface area contributed by atoms with E-state index >= 15 is 0 Å². The molecule has 36 heavy (non-hydrogen) atoms. The van der Waals surface area contributed by atoms with Gasteiger partial charge in [-0.25, -0.2) is 13.8 Å². The van der Waals surface area contributed by atoms with E-state index in [1.807, 2.05) is 18.5 Å². The summed E-state index contributed by atoms with van der Waals surface area (Å²) in [6.07, 6.45) is 9.76. The van der Waals surface area contributed by atoms with Crippen LogP contribution in [-0.2, 0) is 0 Å². The smallest absolute Gasteiger partial charge is 0.149 e. The van der Waals surface area contributed by atoms with Crippen LogP contribution in [0.3, 0.4) is 0 Å². The summed E-state index contributed by atoms with van der Waals surface area (Å²) in [4.78, 5) is 13.9. The van der Waals surface area contributed by atoms with Gasteiger partial charge >= 0.3 is 0 Å². The quantitative estimate of drug-likeness (QED) is 0.397. The van der Waals surface area contributed by atoms with Crippen molar-refractivity contribution in [3.63, 3.8) is 0 Å². The van der Waals surface area contributed by atoms with Crippen LogP contribution < -0.4 is 21.3 Å². The molecule has 1 unspecified atom stereocenters. The molecule has 4 heterocycles. The van der Waals surface area contributed by atoms with Gasteiger partial charge in [-0.05, 0) is 86.0 Å². The Bertz CT molecular complexity index is 1260. The second-order valence-corrected chi connectivity index (χ2v) is 9.73. The Hall–Kier alpha value is -3.59. The van der Waals surface area contributed by atoms with Gasteiger partial charge in [0.25, 0.3) is 0 Å². The van der Waals surface area contributed by atoms with Gasteiger partial charge in [0, 0.05) is 24.5 Å². The molecule has 2 aromatic heterocycles. The average molecular weight is 490 g/mol. The number of pyridine rings is 2. The molecule has 0 spiro atoms. The molecule has 9 heteroatoms. The monoisotopic (exact) mass is 489 g/mol. The van der Waals surface area contributed by atoms with E-state index in [9.17, 15) is 8.78 Å². The Morgan fingerprint density at radius 1 is 1.00 bits per heavy atom. The number of benzene rings is 1. The van der Waals surface area contributed by atoms with E-state index < -0.39 is 11.6 Å². The number of para-hydroxylation sites is 1. The number of piperidine rings is 1. The Kier molecular flexibility index (Phi) is 6.23. The number of anilines is 3. The van der Waals surface area contributed by atoms with E-state index in [-0.39, 0.29) is 11.9 Å². The van der Waals surface area contributed by atoms with Crippen molar-refractivity contribution in [1.29, 1.82) is 0 Å². The molecule has 1 atom stereocenters. The largest absolute Gasteiger partial charge is 0.360 e. The van der Waals surface area contributed by atoms with Crippen molar-refractivity contribution in [2.24, 2.45) is 10.9 Å². The molecule has 3 aromatic rings. The molecular formula is C27H29F2N7. The lowest BCUT2D eigenvalue weighted by Gasteiger charge is -2.32. The fraction of sp³-hybridized carbons (Fsp3) is 0.370. The fourth-order valence-electron chi connectivity index (χ4n) is 4.97. The number of nitrogens with zero attached hydrogens (tertiary/aromatic N) is 3. The molecule has 4 N–H and O–H groups in total. The van der Waals surface area contributed by atoms with Crippen molar-refractivity contribution in [2.75, 3.05) is 30.3 Å². The van der Waals surface area contributed by atoms with Gasteiger partial charge < -0.3 is 21.3 Å². The minimum absolute atomic E-state index is 0.223. The first-order valence-electron chi connectivity index (χ1n) is 12.6. The third kappa shape index (κ3) is 4.75. The molecular weight excluding hydrogens is 460 g/mol. The summed E-state index contributed by atoms with van der Waals surface area (Å²) in [5.74, 6) is 0.985. The number of halogens is 2. The van der Waals surface area contributed by atoms with E-state index in [0.29, 0.717) is 17.7 Å². The van der Waals surface area contributed by atoms with Gasteiger partial charge in [0.15, 0.2) is 0 Å². The van der Waals surface area contributed by atoms with Crippen LogP contribution in [0.5, 0.6) is 0 Å². The zero-order valence-corrected chi connectivity index (χ0v) is 19.9. The lowest BCUT2D eigenvalue weighted by atomic mass is 9.97. The summed E-state index contributed by atoms with van der Waals surface area (Å²) in [5.41, 5.74) is 3.93. The molecule has 0 bridgehead atoms. The van der Waals surface area contributed by atoms with Gasteiger partial charge in [-0.2, -0.15) is 0 Å². The summed E-state index contributed by atoms with van der Waals surface area (Å²) in [7, 11) is 0. The van der Waals surface area contributed by atoms with Crippen LogP contribution >= 0.6 is 0 Å². The minimum Gasteiger partial charge on any atom is -0.360 e. The number of nitrogens with one attached hydrogen (secondary N) is 4. The molecule has 3 aliphatic rings. The van der Waals surface area contributed by atoms with Crippen LogP contribution in [0.4, 0.5) is 26.0 Å². The zero-order chi connectivity index (χ0) is 24.5. The number of hydrogen-bond donors (Lipinski definition) is 4. The molecule has 1 saturated heterocycles. The number of aliphatic imine (C=N–C) groups is 1. The third-order valence-electron chi connectivity index (χ3n) is 7.11. The first-order valence-corrected chi connectivity index (χ1v) is 12.6. The van der Waals surface area contributed by atoms with Crippen LogP contribution in [0.1, 0.15) is 54.5 Å². The highest BCUT2D eigenvalue weighted by molar-refractivity contribution is 6.06. The number of rotatable bonds is 6. The highest BCUT2D eigenvalue weighted by Crippen LogP contribution is 2.44. The zero-order valence-electron chi connectivity index (χ0n) is 19.9. The lowest BCUT2D eigenvalue weighted by Crippen LogP contribution is -2.40. The molecule has 2 aliphatic heterocycles. The van der Waals surface area contributed by atoms with Gasteiger partial charge in [-0.15, -0.1) is 0 Å². The predicted octanol–water partition coefficient (Wildman–Crippen LogP) is 4.84. The molecule has 1 saturated carbocycles. The van der Waals surface area contributed by atoms with Crippen molar-refractivity contribution in [1.82, 2.24) is 20.6 Å². The molecule has 6 rings (SSSR count).